The molecule has 126 valence electrons. The standard InChI is InChI=1S/C14H26N6S.HI/c1-5-15-13(20-7-8-21-14(3,4)10-20)16-9-12-18-17-11-19(12)6-2;/h11H,5-10H2,1-4H3,(H,15,16);1H. The summed E-state index contributed by atoms with van der Waals surface area (Å²) in [5.74, 6) is 3.04. The molecule has 2 heterocycles. The van der Waals surface area contributed by atoms with Gasteiger partial charge < -0.3 is 14.8 Å². The van der Waals surface area contributed by atoms with Gasteiger partial charge in [-0.1, -0.05) is 0 Å². The highest BCUT2D eigenvalue weighted by molar-refractivity contribution is 14.0. The second-order valence-corrected chi connectivity index (χ2v) is 7.54. The van der Waals surface area contributed by atoms with Crippen LogP contribution >= 0.6 is 35.7 Å². The zero-order valence-electron chi connectivity index (χ0n) is 13.9. The summed E-state index contributed by atoms with van der Waals surface area (Å²) < 4.78 is 2.31. The molecule has 1 aliphatic heterocycles. The molecule has 0 aliphatic carbocycles. The van der Waals surface area contributed by atoms with Crippen molar-refractivity contribution >= 4 is 41.7 Å². The predicted molar refractivity (Wildman–Crippen MR) is 104 cm³/mol. The highest BCUT2D eigenvalue weighted by Gasteiger charge is 2.28. The Morgan fingerprint density at radius 2 is 2.23 bits per heavy atom. The number of aryl methyl sites for hydroxylation is 1. The molecule has 1 aliphatic rings. The molecule has 0 aromatic carbocycles. The Balaban J connectivity index is 0.00000242. The maximum Gasteiger partial charge on any atom is 0.194 e. The number of hydrogen-bond acceptors (Lipinski definition) is 4. The van der Waals surface area contributed by atoms with E-state index in [1.54, 1.807) is 6.33 Å². The van der Waals surface area contributed by atoms with Crippen molar-refractivity contribution in [3.63, 3.8) is 0 Å². The highest BCUT2D eigenvalue weighted by Crippen LogP contribution is 2.29. The van der Waals surface area contributed by atoms with E-state index in [4.69, 9.17) is 4.99 Å². The van der Waals surface area contributed by atoms with E-state index in [-0.39, 0.29) is 28.7 Å². The van der Waals surface area contributed by atoms with E-state index >= 15 is 0 Å². The molecular weight excluding hydrogens is 411 g/mol. The summed E-state index contributed by atoms with van der Waals surface area (Å²) in [6, 6.07) is 0. The van der Waals surface area contributed by atoms with Crippen LogP contribution in [0.25, 0.3) is 0 Å². The lowest BCUT2D eigenvalue weighted by atomic mass is 10.2. The molecule has 0 atom stereocenters. The monoisotopic (exact) mass is 438 g/mol. The zero-order chi connectivity index (χ0) is 15.3. The number of nitrogens with one attached hydrogen (secondary N) is 1. The molecule has 1 N–H and O–H groups in total. The Kier molecular flexibility index (Phi) is 7.95. The molecule has 22 heavy (non-hydrogen) atoms. The van der Waals surface area contributed by atoms with Gasteiger partial charge in [0, 0.05) is 36.7 Å². The number of nitrogens with zero attached hydrogens (tertiary/aromatic N) is 5. The minimum Gasteiger partial charge on any atom is -0.357 e. The van der Waals surface area contributed by atoms with Crippen LogP contribution in [0, 0.1) is 0 Å². The molecule has 0 bridgehead atoms. The smallest absolute Gasteiger partial charge is 0.194 e. The maximum atomic E-state index is 4.75. The van der Waals surface area contributed by atoms with Crippen LogP contribution in [0.5, 0.6) is 0 Å². The molecule has 1 aromatic rings. The SMILES string of the molecule is CCNC(=NCc1nncn1CC)N1CCSC(C)(C)C1.I. The molecule has 1 saturated heterocycles. The van der Waals surface area contributed by atoms with E-state index in [9.17, 15) is 0 Å². The summed E-state index contributed by atoms with van der Waals surface area (Å²) in [6.45, 7) is 13.2. The highest BCUT2D eigenvalue weighted by atomic mass is 127. The average molecular weight is 438 g/mol. The van der Waals surface area contributed by atoms with Crippen LogP contribution in [-0.4, -0.2) is 55.8 Å². The summed E-state index contributed by atoms with van der Waals surface area (Å²) in [7, 11) is 0. The van der Waals surface area contributed by atoms with Gasteiger partial charge in [-0.15, -0.1) is 34.2 Å². The lowest BCUT2D eigenvalue weighted by Gasteiger charge is -2.39. The first-order valence-electron chi connectivity index (χ1n) is 7.59. The van der Waals surface area contributed by atoms with Crippen molar-refractivity contribution < 1.29 is 0 Å². The van der Waals surface area contributed by atoms with Gasteiger partial charge in [0.25, 0.3) is 0 Å². The number of guanidine groups is 1. The average Bonchev–Trinajstić information content (AvgIpc) is 2.89. The van der Waals surface area contributed by atoms with Crippen LogP contribution in [0.4, 0.5) is 0 Å². The molecule has 6 nitrogen and oxygen atoms in total. The first-order chi connectivity index (χ1) is 10.1. The Morgan fingerprint density at radius 3 is 2.86 bits per heavy atom. The fourth-order valence-corrected chi connectivity index (χ4v) is 3.55. The van der Waals surface area contributed by atoms with Gasteiger partial charge in [-0.25, -0.2) is 4.99 Å². The molecular formula is C14H27IN6S. The van der Waals surface area contributed by atoms with Gasteiger partial charge in [-0.3, -0.25) is 0 Å². The Morgan fingerprint density at radius 1 is 1.45 bits per heavy atom. The number of rotatable bonds is 4. The first kappa shape index (κ1) is 19.5. The molecule has 0 saturated carbocycles. The molecule has 0 radical (unpaired) electrons. The molecule has 1 fully saturated rings. The third-order valence-electron chi connectivity index (χ3n) is 3.47. The summed E-state index contributed by atoms with van der Waals surface area (Å²) >= 11 is 2.03. The van der Waals surface area contributed by atoms with E-state index in [0.717, 1.165) is 43.7 Å². The van der Waals surface area contributed by atoms with Crippen molar-refractivity contribution in [1.82, 2.24) is 25.0 Å². The Bertz CT molecular complexity index is 487. The van der Waals surface area contributed by atoms with E-state index in [2.05, 4.69) is 48.1 Å². The van der Waals surface area contributed by atoms with E-state index in [0.29, 0.717) is 6.54 Å². The number of halogens is 1. The summed E-state index contributed by atoms with van der Waals surface area (Å²) in [4.78, 5) is 7.11. The van der Waals surface area contributed by atoms with E-state index in [1.165, 1.54) is 0 Å². The second-order valence-electron chi connectivity index (χ2n) is 5.73. The van der Waals surface area contributed by atoms with Gasteiger partial charge in [0.05, 0.1) is 0 Å². The largest absolute Gasteiger partial charge is 0.357 e. The minimum absolute atomic E-state index is 0. The van der Waals surface area contributed by atoms with E-state index < -0.39 is 0 Å². The summed E-state index contributed by atoms with van der Waals surface area (Å²) in [6.07, 6.45) is 1.76. The van der Waals surface area contributed by atoms with E-state index in [1.807, 2.05) is 16.3 Å². The van der Waals surface area contributed by atoms with Crippen molar-refractivity contribution in [1.29, 1.82) is 0 Å². The predicted octanol–water partition coefficient (Wildman–Crippen LogP) is 2.21. The van der Waals surface area contributed by atoms with Gasteiger partial charge in [0.1, 0.15) is 12.9 Å². The molecule has 0 spiro atoms. The van der Waals surface area contributed by atoms with Crippen molar-refractivity contribution in [3.05, 3.63) is 12.2 Å². The van der Waals surface area contributed by atoms with Crippen molar-refractivity contribution in [2.45, 2.75) is 45.5 Å². The fraction of sp³-hybridized carbons (Fsp3) is 0.786. The lowest BCUT2D eigenvalue weighted by molar-refractivity contribution is 0.375. The van der Waals surface area contributed by atoms with Crippen LogP contribution in [0.2, 0.25) is 0 Å². The third-order valence-corrected chi connectivity index (χ3v) is 4.76. The second kappa shape index (κ2) is 8.95. The minimum atomic E-state index is 0. The van der Waals surface area contributed by atoms with Crippen molar-refractivity contribution in [3.8, 4) is 0 Å². The van der Waals surface area contributed by atoms with Crippen LogP contribution in [0.3, 0.4) is 0 Å². The molecule has 8 heteroatoms. The van der Waals surface area contributed by atoms with Crippen molar-refractivity contribution in [2.75, 3.05) is 25.4 Å². The summed E-state index contributed by atoms with van der Waals surface area (Å²) in [5.41, 5.74) is 0. The van der Waals surface area contributed by atoms with Gasteiger partial charge in [0.15, 0.2) is 11.8 Å². The molecule has 0 unspecified atom stereocenters. The van der Waals surface area contributed by atoms with Gasteiger partial charge in [0.2, 0.25) is 0 Å². The number of aromatic nitrogens is 3. The number of thioether (sulfide) groups is 1. The zero-order valence-corrected chi connectivity index (χ0v) is 17.0. The quantitative estimate of drug-likeness (QED) is 0.444. The van der Waals surface area contributed by atoms with Crippen LogP contribution in [-0.2, 0) is 13.1 Å². The van der Waals surface area contributed by atoms with Gasteiger partial charge in [-0.2, -0.15) is 11.8 Å². The van der Waals surface area contributed by atoms with Crippen LogP contribution < -0.4 is 5.32 Å². The Labute approximate surface area is 154 Å². The first-order valence-corrected chi connectivity index (χ1v) is 8.58. The Hall–Kier alpha value is -0.510. The summed E-state index contributed by atoms with van der Waals surface area (Å²) in [5, 5.41) is 11.5. The number of aliphatic imine (C=N–C) groups is 1. The molecule has 1 aromatic heterocycles. The fourth-order valence-electron chi connectivity index (χ4n) is 2.43. The van der Waals surface area contributed by atoms with Gasteiger partial charge >= 0.3 is 0 Å². The molecule has 0 amide bonds. The lowest BCUT2D eigenvalue weighted by Crippen LogP contribution is -2.51. The van der Waals surface area contributed by atoms with Crippen molar-refractivity contribution in [2.24, 2.45) is 4.99 Å². The molecule has 2 rings (SSSR count). The topological polar surface area (TPSA) is 58.3 Å². The third kappa shape index (κ3) is 5.29. The van der Waals surface area contributed by atoms with Crippen LogP contribution in [0.1, 0.15) is 33.5 Å². The van der Waals surface area contributed by atoms with Gasteiger partial charge in [-0.05, 0) is 27.7 Å². The maximum absolute atomic E-state index is 4.75. The normalized spacial score (nSPS) is 18.0. The number of hydrogen-bond donors (Lipinski definition) is 1. The van der Waals surface area contributed by atoms with Crippen LogP contribution in [0.15, 0.2) is 11.3 Å².